The number of rotatable bonds is 4. The van der Waals surface area contributed by atoms with Crippen molar-refractivity contribution in [1.82, 2.24) is 9.87 Å². The van der Waals surface area contributed by atoms with Crippen molar-refractivity contribution in [2.24, 2.45) is 0 Å². The number of aromatic nitrogens is 1. The molecule has 1 N–H and O–H groups in total. The molecule has 0 radical (unpaired) electrons. The van der Waals surface area contributed by atoms with Crippen LogP contribution >= 0.6 is 0 Å². The predicted molar refractivity (Wildman–Crippen MR) is 57.9 cm³/mol. The zero-order valence-corrected chi connectivity index (χ0v) is 9.61. The van der Waals surface area contributed by atoms with Crippen LogP contribution in [0.15, 0.2) is 29.4 Å². The van der Waals surface area contributed by atoms with Crippen molar-refractivity contribution in [2.75, 3.05) is 0 Å². The predicted octanol–water partition coefficient (Wildman–Crippen LogP) is 1.23. The molecule has 88 valence electrons. The Morgan fingerprint density at radius 1 is 1.38 bits per heavy atom. The Morgan fingerprint density at radius 3 is 2.75 bits per heavy atom. The highest BCUT2D eigenvalue weighted by Gasteiger charge is 2.20. The van der Waals surface area contributed by atoms with E-state index in [4.69, 9.17) is 4.84 Å². The Morgan fingerprint density at radius 2 is 2.12 bits per heavy atom. The van der Waals surface area contributed by atoms with Gasteiger partial charge in [-0.1, -0.05) is 17.7 Å². The van der Waals surface area contributed by atoms with Gasteiger partial charge < -0.3 is 0 Å². The first kappa shape index (κ1) is 11.5. The maximum absolute atomic E-state index is 11.7. The highest BCUT2D eigenvalue weighted by atomic mass is 32.2. The molecule has 1 fully saturated rings. The molecule has 2 rings (SSSR count). The molecule has 1 aromatic rings. The summed E-state index contributed by atoms with van der Waals surface area (Å²) in [6.45, 7) is 0. The van der Waals surface area contributed by atoms with Crippen LogP contribution in [-0.2, 0) is 14.9 Å². The van der Waals surface area contributed by atoms with Crippen molar-refractivity contribution in [3.63, 3.8) is 0 Å². The first-order chi connectivity index (χ1) is 7.68. The van der Waals surface area contributed by atoms with Gasteiger partial charge >= 0.3 is 0 Å². The first-order valence-electron chi connectivity index (χ1n) is 5.26. The molecule has 1 aromatic heterocycles. The largest absolute Gasteiger partial charge is 0.284 e. The maximum Gasteiger partial charge on any atom is 0.264 e. The lowest BCUT2D eigenvalue weighted by Crippen LogP contribution is -2.28. The number of nitrogens with zero attached hydrogens (tertiary/aromatic N) is 1. The van der Waals surface area contributed by atoms with E-state index in [9.17, 15) is 8.42 Å². The maximum atomic E-state index is 11.7. The zero-order valence-electron chi connectivity index (χ0n) is 8.80. The summed E-state index contributed by atoms with van der Waals surface area (Å²) in [6, 6.07) is 3.05. The molecule has 0 aromatic carbocycles. The van der Waals surface area contributed by atoms with Crippen molar-refractivity contribution >= 4 is 10.0 Å². The summed E-state index contributed by atoms with van der Waals surface area (Å²) in [5.74, 6) is 0. The van der Waals surface area contributed by atoms with Gasteiger partial charge in [-0.15, -0.1) is 0 Å². The van der Waals surface area contributed by atoms with Crippen molar-refractivity contribution in [1.29, 1.82) is 0 Å². The number of hydrogen-bond donors (Lipinski definition) is 1. The van der Waals surface area contributed by atoms with Crippen LogP contribution in [0.5, 0.6) is 0 Å². The second-order valence-electron chi connectivity index (χ2n) is 3.80. The fourth-order valence-corrected chi connectivity index (χ4v) is 2.51. The van der Waals surface area contributed by atoms with Gasteiger partial charge in [0.25, 0.3) is 10.0 Å². The summed E-state index contributed by atoms with van der Waals surface area (Å²) >= 11 is 0. The van der Waals surface area contributed by atoms with Gasteiger partial charge in [0.1, 0.15) is 4.90 Å². The third-order valence-electron chi connectivity index (χ3n) is 2.57. The Hall–Kier alpha value is -0.980. The van der Waals surface area contributed by atoms with E-state index in [0.29, 0.717) is 0 Å². The lowest BCUT2D eigenvalue weighted by molar-refractivity contribution is 0.0223. The van der Waals surface area contributed by atoms with Gasteiger partial charge in [-0.05, 0) is 25.0 Å². The summed E-state index contributed by atoms with van der Waals surface area (Å²) in [7, 11) is -3.58. The van der Waals surface area contributed by atoms with Crippen LogP contribution in [0.3, 0.4) is 0 Å². The molecule has 1 aliphatic carbocycles. The molecular formula is C10H14N2O3S. The van der Waals surface area contributed by atoms with E-state index in [0.717, 1.165) is 25.7 Å². The van der Waals surface area contributed by atoms with Crippen LogP contribution in [0.25, 0.3) is 0 Å². The highest BCUT2D eigenvalue weighted by Crippen LogP contribution is 2.20. The minimum absolute atomic E-state index is 0.00597. The molecule has 1 aliphatic rings. The second-order valence-corrected chi connectivity index (χ2v) is 5.44. The average Bonchev–Trinajstić information content (AvgIpc) is 2.81. The van der Waals surface area contributed by atoms with Crippen LogP contribution in [0.2, 0.25) is 0 Å². The van der Waals surface area contributed by atoms with Gasteiger partial charge in [0.2, 0.25) is 0 Å². The molecule has 0 unspecified atom stereocenters. The third-order valence-corrected chi connectivity index (χ3v) is 3.75. The summed E-state index contributed by atoms with van der Waals surface area (Å²) in [5, 5.41) is 0. The van der Waals surface area contributed by atoms with Crippen molar-refractivity contribution in [3.05, 3.63) is 24.5 Å². The standard InChI is InChI=1S/C10H14N2O3S/c13-16(14,10-6-3-7-11-8-10)12-15-9-4-1-2-5-9/h3,6-9,12H,1-2,4-5H2. The fourth-order valence-electron chi connectivity index (χ4n) is 1.69. The monoisotopic (exact) mass is 242 g/mol. The van der Waals surface area contributed by atoms with Gasteiger partial charge in [0, 0.05) is 12.4 Å². The number of pyridine rings is 1. The molecule has 1 saturated carbocycles. The second kappa shape index (κ2) is 4.90. The summed E-state index contributed by atoms with van der Waals surface area (Å²) in [6.07, 6.45) is 6.84. The Labute approximate surface area is 94.8 Å². The van der Waals surface area contributed by atoms with Gasteiger partial charge in [-0.2, -0.15) is 0 Å². The van der Waals surface area contributed by atoms with Crippen LogP contribution < -0.4 is 4.89 Å². The van der Waals surface area contributed by atoms with E-state index in [-0.39, 0.29) is 11.0 Å². The molecule has 0 bridgehead atoms. The Bertz CT molecular complexity index is 427. The average molecular weight is 242 g/mol. The topological polar surface area (TPSA) is 68.3 Å². The van der Waals surface area contributed by atoms with E-state index in [2.05, 4.69) is 9.87 Å². The highest BCUT2D eigenvalue weighted by molar-refractivity contribution is 7.89. The lowest BCUT2D eigenvalue weighted by atomic mass is 10.3. The molecule has 5 nitrogen and oxygen atoms in total. The number of sulfonamides is 1. The van der Waals surface area contributed by atoms with Crippen molar-refractivity contribution < 1.29 is 13.3 Å². The van der Waals surface area contributed by atoms with Gasteiger partial charge in [-0.25, -0.2) is 8.42 Å². The molecule has 0 atom stereocenters. The normalized spacial score (nSPS) is 17.8. The number of hydrogen-bond acceptors (Lipinski definition) is 4. The first-order valence-corrected chi connectivity index (χ1v) is 6.74. The van der Waals surface area contributed by atoms with E-state index in [1.54, 1.807) is 6.07 Å². The smallest absolute Gasteiger partial charge is 0.264 e. The van der Waals surface area contributed by atoms with E-state index in [1.165, 1.54) is 18.5 Å². The Balaban J connectivity index is 1.98. The van der Waals surface area contributed by atoms with Gasteiger partial charge in [0.05, 0.1) is 6.10 Å². The molecular weight excluding hydrogens is 228 g/mol. The van der Waals surface area contributed by atoms with Crippen LogP contribution in [0, 0.1) is 0 Å². The lowest BCUT2D eigenvalue weighted by Gasteiger charge is -2.11. The summed E-state index contributed by atoms with van der Waals surface area (Å²) < 4.78 is 23.4. The molecule has 0 saturated heterocycles. The van der Waals surface area contributed by atoms with Gasteiger partial charge in [0.15, 0.2) is 0 Å². The summed E-state index contributed by atoms with van der Waals surface area (Å²) in [5.41, 5.74) is 0. The van der Waals surface area contributed by atoms with Crippen molar-refractivity contribution in [2.45, 2.75) is 36.7 Å². The molecule has 0 spiro atoms. The Kier molecular flexibility index (Phi) is 3.52. The van der Waals surface area contributed by atoms with Crippen LogP contribution in [-0.4, -0.2) is 19.5 Å². The molecule has 0 aliphatic heterocycles. The van der Waals surface area contributed by atoms with E-state index < -0.39 is 10.0 Å². The third kappa shape index (κ3) is 2.78. The minimum Gasteiger partial charge on any atom is -0.284 e. The molecule has 0 amide bonds. The fraction of sp³-hybridized carbons (Fsp3) is 0.500. The SMILES string of the molecule is O=S(=O)(NOC1CCCC1)c1cccnc1. The molecule has 1 heterocycles. The van der Waals surface area contributed by atoms with Gasteiger partial charge in [-0.3, -0.25) is 9.82 Å². The summed E-state index contributed by atoms with van der Waals surface area (Å²) in [4.78, 5) is 11.2. The molecule has 16 heavy (non-hydrogen) atoms. The van der Waals surface area contributed by atoms with Crippen molar-refractivity contribution in [3.8, 4) is 0 Å². The molecule has 6 heteroatoms. The van der Waals surface area contributed by atoms with Crippen LogP contribution in [0.4, 0.5) is 0 Å². The van der Waals surface area contributed by atoms with Crippen LogP contribution in [0.1, 0.15) is 25.7 Å². The quantitative estimate of drug-likeness (QED) is 0.806. The zero-order chi connectivity index (χ0) is 11.4. The minimum atomic E-state index is -3.58. The van der Waals surface area contributed by atoms with E-state index in [1.807, 2.05) is 0 Å². The number of nitrogens with one attached hydrogen (secondary N) is 1. The van der Waals surface area contributed by atoms with E-state index >= 15 is 0 Å².